The van der Waals surface area contributed by atoms with Gasteiger partial charge in [0.15, 0.2) is 0 Å². The molecule has 1 aromatic rings. The van der Waals surface area contributed by atoms with Crippen molar-refractivity contribution in [1.29, 1.82) is 0 Å². The SMILES string of the molecule is CC1C(=O)N(C)N=C1c1cc(Cl)cc(Cl)c1. The molecule has 84 valence electrons. The van der Waals surface area contributed by atoms with E-state index < -0.39 is 0 Å². The molecule has 1 amide bonds. The lowest BCUT2D eigenvalue weighted by atomic mass is 9.99. The van der Waals surface area contributed by atoms with Gasteiger partial charge in [0.2, 0.25) is 0 Å². The number of carbonyl (C=O) groups excluding carboxylic acids is 1. The van der Waals surface area contributed by atoms with Crippen LogP contribution in [-0.2, 0) is 4.79 Å². The van der Waals surface area contributed by atoms with Gasteiger partial charge >= 0.3 is 0 Å². The quantitative estimate of drug-likeness (QED) is 0.761. The van der Waals surface area contributed by atoms with Gasteiger partial charge in [-0.25, -0.2) is 5.01 Å². The normalized spacial score (nSPS) is 20.2. The number of amides is 1. The number of carbonyl (C=O) groups is 1. The molecule has 5 heteroatoms. The predicted molar refractivity (Wildman–Crippen MR) is 64.9 cm³/mol. The number of rotatable bonds is 1. The van der Waals surface area contributed by atoms with Gasteiger partial charge in [-0.3, -0.25) is 4.79 Å². The Bertz CT molecular complexity index is 465. The van der Waals surface area contributed by atoms with E-state index >= 15 is 0 Å². The second-order valence-electron chi connectivity index (χ2n) is 3.73. The molecule has 1 atom stereocenters. The summed E-state index contributed by atoms with van der Waals surface area (Å²) in [5.41, 5.74) is 1.50. The van der Waals surface area contributed by atoms with E-state index in [1.54, 1.807) is 25.2 Å². The lowest BCUT2D eigenvalue weighted by Gasteiger charge is -2.05. The van der Waals surface area contributed by atoms with Gasteiger partial charge in [0.1, 0.15) is 0 Å². The van der Waals surface area contributed by atoms with Gasteiger partial charge in [0.25, 0.3) is 5.91 Å². The van der Waals surface area contributed by atoms with Crippen LogP contribution in [0.3, 0.4) is 0 Å². The number of benzene rings is 1. The summed E-state index contributed by atoms with van der Waals surface area (Å²) in [6.07, 6.45) is 0. The minimum absolute atomic E-state index is 0.0221. The van der Waals surface area contributed by atoms with Crippen molar-refractivity contribution in [1.82, 2.24) is 5.01 Å². The molecular weight excluding hydrogens is 247 g/mol. The largest absolute Gasteiger partial charge is 0.272 e. The van der Waals surface area contributed by atoms with Crippen molar-refractivity contribution < 1.29 is 4.79 Å². The third kappa shape index (κ3) is 1.93. The van der Waals surface area contributed by atoms with E-state index in [1.807, 2.05) is 6.92 Å². The third-order valence-electron chi connectivity index (χ3n) is 2.52. The van der Waals surface area contributed by atoms with E-state index in [4.69, 9.17) is 23.2 Å². The van der Waals surface area contributed by atoms with Crippen LogP contribution >= 0.6 is 23.2 Å². The number of hydrogen-bond acceptors (Lipinski definition) is 2. The highest BCUT2D eigenvalue weighted by molar-refractivity contribution is 6.35. The molecule has 3 nitrogen and oxygen atoms in total. The summed E-state index contributed by atoms with van der Waals surface area (Å²) < 4.78 is 0. The fraction of sp³-hybridized carbons (Fsp3) is 0.273. The van der Waals surface area contributed by atoms with Gasteiger partial charge < -0.3 is 0 Å². The lowest BCUT2D eigenvalue weighted by Crippen LogP contribution is -2.22. The van der Waals surface area contributed by atoms with Crippen molar-refractivity contribution in [2.24, 2.45) is 11.0 Å². The van der Waals surface area contributed by atoms with E-state index in [1.165, 1.54) is 5.01 Å². The van der Waals surface area contributed by atoms with Crippen LogP contribution in [0.25, 0.3) is 0 Å². The van der Waals surface area contributed by atoms with E-state index in [2.05, 4.69) is 5.10 Å². The average molecular weight is 257 g/mol. The summed E-state index contributed by atoms with van der Waals surface area (Å²) in [7, 11) is 1.64. The first-order valence-corrected chi connectivity index (χ1v) is 5.57. The van der Waals surface area contributed by atoms with Crippen LogP contribution in [-0.4, -0.2) is 23.7 Å². The van der Waals surface area contributed by atoms with Crippen molar-refractivity contribution in [2.45, 2.75) is 6.92 Å². The Hall–Kier alpha value is -1.06. The van der Waals surface area contributed by atoms with Crippen LogP contribution in [0.15, 0.2) is 23.3 Å². The van der Waals surface area contributed by atoms with Crippen molar-refractivity contribution >= 4 is 34.8 Å². The zero-order valence-electron chi connectivity index (χ0n) is 8.87. The van der Waals surface area contributed by atoms with Crippen molar-refractivity contribution in [3.05, 3.63) is 33.8 Å². The van der Waals surface area contributed by atoms with E-state index in [0.29, 0.717) is 15.8 Å². The Balaban J connectivity index is 2.46. The Morgan fingerprint density at radius 3 is 2.25 bits per heavy atom. The summed E-state index contributed by atoms with van der Waals surface area (Å²) in [6, 6.07) is 5.17. The second kappa shape index (κ2) is 4.07. The molecule has 0 saturated heterocycles. The van der Waals surface area contributed by atoms with Gasteiger partial charge in [-0.15, -0.1) is 0 Å². The first-order chi connectivity index (χ1) is 7.49. The summed E-state index contributed by atoms with van der Waals surface area (Å²) >= 11 is 11.8. The standard InChI is InChI=1S/C11H10Cl2N2O/c1-6-10(14-15(2)11(6)16)7-3-8(12)5-9(13)4-7/h3-6H,1-2H3. The summed E-state index contributed by atoms with van der Waals surface area (Å²) in [5.74, 6) is -0.273. The molecule has 0 radical (unpaired) electrons. The van der Waals surface area contributed by atoms with E-state index in [-0.39, 0.29) is 11.8 Å². The molecular formula is C11H10Cl2N2O. The molecule has 0 N–H and O–H groups in total. The maximum Gasteiger partial charge on any atom is 0.251 e. The third-order valence-corrected chi connectivity index (χ3v) is 2.95. The number of hydrogen-bond donors (Lipinski definition) is 0. The van der Waals surface area contributed by atoms with Crippen LogP contribution < -0.4 is 0 Å². The van der Waals surface area contributed by atoms with Crippen molar-refractivity contribution in [3.8, 4) is 0 Å². The maximum absolute atomic E-state index is 11.6. The topological polar surface area (TPSA) is 32.7 Å². The van der Waals surface area contributed by atoms with Crippen LogP contribution in [0.2, 0.25) is 10.0 Å². The Morgan fingerprint density at radius 1 is 1.25 bits per heavy atom. The van der Waals surface area contributed by atoms with Gasteiger partial charge in [-0.05, 0) is 25.1 Å². The van der Waals surface area contributed by atoms with Crippen LogP contribution in [0.4, 0.5) is 0 Å². The minimum Gasteiger partial charge on any atom is -0.272 e. The molecule has 1 heterocycles. The summed E-state index contributed by atoms with van der Waals surface area (Å²) in [5, 5.41) is 6.61. The highest BCUT2D eigenvalue weighted by Gasteiger charge is 2.30. The van der Waals surface area contributed by atoms with Gasteiger partial charge in [0, 0.05) is 22.7 Å². The van der Waals surface area contributed by atoms with E-state index in [0.717, 1.165) is 5.56 Å². The molecule has 16 heavy (non-hydrogen) atoms. The zero-order valence-corrected chi connectivity index (χ0v) is 10.4. The molecule has 0 bridgehead atoms. The Morgan fingerprint density at radius 2 is 1.81 bits per heavy atom. The van der Waals surface area contributed by atoms with E-state index in [9.17, 15) is 4.79 Å². The fourth-order valence-corrected chi connectivity index (χ4v) is 2.23. The highest BCUT2D eigenvalue weighted by Crippen LogP contribution is 2.25. The first kappa shape index (κ1) is 11.4. The Kier molecular flexibility index (Phi) is 2.91. The monoisotopic (exact) mass is 256 g/mol. The molecule has 0 fully saturated rings. The Labute approximate surface area is 104 Å². The molecule has 0 aliphatic carbocycles. The minimum atomic E-state index is -0.250. The number of halogens is 2. The number of nitrogens with zero attached hydrogens (tertiary/aromatic N) is 2. The van der Waals surface area contributed by atoms with Gasteiger partial charge in [-0.1, -0.05) is 23.2 Å². The lowest BCUT2D eigenvalue weighted by molar-refractivity contribution is -0.130. The first-order valence-electron chi connectivity index (χ1n) is 4.81. The van der Waals surface area contributed by atoms with Crippen LogP contribution in [0, 0.1) is 5.92 Å². The predicted octanol–water partition coefficient (Wildman–Crippen LogP) is 2.81. The molecule has 0 spiro atoms. The average Bonchev–Trinajstić information content (AvgIpc) is 2.44. The molecule has 1 unspecified atom stereocenters. The molecule has 2 rings (SSSR count). The highest BCUT2D eigenvalue weighted by atomic mass is 35.5. The molecule has 1 aromatic carbocycles. The van der Waals surface area contributed by atoms with Crippen LogP contribution in [0.5, 0.6) is 0 Å². The second-order valence-corrected chi connectivity index (χ2v) is 4.60. The fourth-order valence-electron chi connectivity index (χ4n) is 1.70. The van der Waals surface area contributed by atoms with Crippen LogP contribution in [0.1, 0.15) is 12.5 Å². The molecule has 0 aromatic heterocycles. The smallest absolute Gasteiger partial charge is 0.251 e. The van der Waals surface area contributed by atoms with Crippen molar-refractivity contribution in [2.75, 3.05) is 7.05 Å². The molecule has 0 saturated carbocycles. The van der Waals surface area contributed by atoms with Gasteiger partial charge in [-0.2, -0.15) is 5.10 Å². The van der Waals surface area contributed by atoms with Crippen molar-refractivity contribution in [3.63, 3.8) is 0 Å². The molecule has 1 aliphatic rings. The van der Waals surface area contributed by atoms with Gasteiger partial charge in [0.05, 0.1) is 11.6 Å². The summed E-state index contributed by atoms with van der Waals surface area (Å²) in [6.45, 7) is 1.82. The molecule has 1 aliphatic heterocycles. The summed E-state index contributed by atoms with van der Waals surface area (Å²) in [4.78, 5) is 11.6. The zero-order chi connectivity index (χ0) is 11.9. The number of hydrazone groups is 1. The maximum atomic E-state index is 11.6.